The van der Waals surface area contributed by atoms with Gasteiger partial charge in [0.15, 0.2) is 0 Å². The van der Waals surface area contributed by atoms with Crippen LogP contribution in [0.3, 0.4) is 0 Å². The molecule has 0 spiro atoms. The molecule has 0 bridgehead atoms. The Kier molecular flexibility index (Phi) is 7.50. The van der Waals surface area contributed by atoms with E-state index >= 15 is 0 Å². The van der Waals surface area contributed by atoms with Crippen molar-refractivity contribution in [3.8, 4) is 16.9 Å². The number of hydrogen-bond donors (Lipinski definition) is 4. The Morgan fingerprint density at radius 3 is 2.41 bits per heavy atom. The van der Waals surface area contributed by atoms with Crippen molar-refractivity contribution in [3.63, 3.8) is 0 Å². The van der Waals surface area contributed by atoms with Crippen LogP contribution in [0.2, 0.25) is 0 Å². The molecule has 156 valence electrons. The second kappa shape index (κ2) is 9.65. The largest absolute Gasteiger partial charge is 0.496 e. The van der Waals surface area contributed by atoms with Gasteiger partial charge in [-0.3, -0.25) is 15.3 Å². The van der Waals surface area contributed by atoms with E-state index in [0.29, 0.717) is 0 Å². The van der Waals surface area contributed by atoms with Crippen LogP contribution < -0.4 is 15.5 Å². The number of hydrogen-bond acceptors (Lipinski definition) is 5. The normalized spacial score (nSPS) is 15.5. The molecule has 1 amide bonds. The first-order valence-electron chi connectivity index (χ1n) is 9.17. The van der Waals surface area contributed by atoms with Crippen LogP contribution in [0.5, 0.6) is 5.75 Å². The van der Waals surface area contributed by atoms with Crippen LogP contribution in [0.4, 0.5) is 4.39 Å². The lowest BCUT2D eigenvalue weighted by atomic mass is 9.82. The molecular weight excluding hydrogens is 375 g/mol. The van der Waals surface area contributed by atoms with Crippen molar-refractivity contribution in [1.29, 1.82) is 0 Å². The Hall–Kier alpha value is -2.74. The number of ether oxygens (including phenoxy) is 1. The smallest absolute Gasteiger partial charge is 0.266 e. The van der Waals surface area contributed by atoms with E-state index in [1.165, 1.54) is 19.3 Å². The number of carbonyl (C=O) groups excluding carboxylic acids is 1. The molecule has 0 aliphatic heterocycles. The molecule has 2 aromatic carbocycles. The van der Waals surface area contributed by atoms with Crippen molar-refractivity contribution in [2.75, 3.05) is 20.3 Å². The molecule has 0 aromatic heterocycles. The lowest BCUT2D eigenvalue weighted by Crippen LogP contribution is -2.68. The monoisotopic (exact) mass is 402 g/mol. The van der Waals surface area contributed by atoms with Gasteiger partial charge in [0.1, 0.15) is 23.6 Å². The topological polar surface area (TPSA) is 90.8 Å². The Bertz CT molecular complexity index is 852. The van der Waals surface area contributed by atoms with E-state index in [1.54, 1.807) is 13.2 Å². The zero-order valence-corrected chi connectivity index (χ0v) is 16.8. The highest BCUT2D eigenvalue weighted by Crippen LogP contribution is 2.29. The first-order chi connectivity index (χ1) is 13.8. The van der Waals surface area contributed by atoms with Gasteiger partial charge in [-0.1, -0.05) is 54.6 Å². The van der Waals surface area contributed by atoms with E-state index in [0.717, 1.165) is 22.4 Å². The number of para-hydroxylation sites is 1. The molecule has 0 fully saturated rings. The van der Waals surface area contributed by atoms with E-state index < -0.39 is 23.7 Å². The van der Waals surface area contributed by atoms with Crippen molar-refractivity contribution in [2.24, 2.45) is 0 Å². The number of benzene rings is 2. The number of nitrogens with one attached hydrogen (secondary N) is 2. The molecule has 0 saturated heterocycles. The summed E-state index contributed by atoms with van der Waals surface area (Å²) in [5, 5.41) is 21.9. The van der Waals surface area contributed by atoms with E-state index in [2.05, 4.69) is 5.32 Å². The molecule has 2 aromatic rings. The highest BCUT2D eigenvalue weighted by molar-refractivity contribution is 5.86. The van der Waals surface area contributed by atoms with E-state index in [-0.39, 0.29) is 6.54 Å². The molecule has 6 nitrogen and oxygen atoms in total. The summed E-state index contributed by atoms with van der Waals surface area (Å²) in [6.45, 7) is 1.54. The lowest BCUT2D eigenvalue weighted by Gasteiger charge is -2.39. The minimum absolute atomic E-state index is 0.175. The Balaban J connectivity index is 2.08. The van der Waals surface area contributed by atoms with Gasteiger partial charge in [0.2, 0.25) is 0 Å². The molecule has 0 aliphatic rings. The molecule has 7 heteroatoms. The van der Waals surface area contributed by atoms with Crippen LogP contribution in [0.1, 0.15) is 19.4 Å². The standard InChI is InChI=1S/C22H27FN2O4/c1-21(27,15-23)22(2,20(26)25-28)24-14-6-7-16-10-12-17(13-11-16)18-8-4-5-9-19(18)29-3/h4-13,24,27-28H,14-15H2,1-3H3,(H,25,26)/b7-6+/t21-,22-/m1/s1. The van der Waals surface area contributed by atoms with Crippen LogP contribution in [-0.4, -0.2) is 47.7 Å². The third kappa shape index (κ3) is 5.00. The fourth-order valence-corrected chi connectivity index (χ4v) is 2.88. The lowest BCUT2D eigenvalue weighted by molar-refractivity contribution is -0.148. The fourth-order valence-electron chi connectivity index (χ4n) is 2.88. The van der Waals surface area contributed by atoms with Gasteiger partial charge in [-0.05, 0) is 31.0 Å². The number of amides is 1. The van der Waals surface area contributed by atoms with Gasteiger partial charge in [0.25, 0.3) is 5.91 Å². The zero-order chi connectivity index (χ0) is 21.5. The summed E-state index contributed by atoms with van der Waals surface area (Å²) in [5.41, 5.74) is 0.700. The second-order valence-corrected chi connectivity index (χ2v) is 7.08. The highest BCUT2D eigenvalue weighted by Gasteiger charge is 2.49. The summed E-state index contributed by atoms with van der Waals surface area (Å²) >= 11 is 0. The maximum Gasteiger partial charge on any atom is 0.266 e. The molecule has 0 saturated carbocycles. The van der Waals surface area contributed by atoms with E-state index in [1.807, 2.05) is 54.6 Å². The number of hydroxylamine groups is 1. The Morgan fingerprint density at radius 2 is 1.83 bits per heavy atom. The number of carbonyl (C=O) groups is 1. The summed E-state index contributed by atoms with van der Waals surface area (Å²) in [5.74, 6) is -0.129. The first-order valence-corrected chi connectivity index (χ1v) is 9.17. The molecule has 29 heavy (non-hydrogen) atoms. The number of alkyl halides is 1. The minimum atomic E-state index is -2.00. The predicted octanol–water partition coefficient (Wildman–Crippen LogP) is 2.95. The molecule has 0 radical (unpaired) electrons. The summed E-state index contributed by atoms with van der Waals surface area (Å²) < 4.78 is 18.6. The van der Waals surface area contributed by atoms with E-state index in [4.69, 9.17) is 9.94 Å². The van der Waals surface area contributed by atoms with Gasteiger partial charge in [-0.25, -0.2) is 9.87 Å². The van der Waals surface area contributed by atoms with Gasteiger partial charge >= 0.3 is 0 Å². The molecule has 2 atom stereocenters. The van der Waals surface area contributed by atoms with Gasteiger partial charge in [-0.2, -0.15) is 0 Å². The molecule has 4 N–H and O–H groups in total. The van der Waals surface area contributed by atoms with E-state index in [9.17, 15) is 14.3 Å². The summed E-state index contributed by atoms with van der Waals surface area (Å²) in [7, 11) is 1.63. The Labute approximate surface area is 170 Å². The number of rotatable bonds is 9. The highest BCUT2D eigenvalue weighted by atomic mass is 19.1. The maximum absolute atomic E-state index is 13.2. The average molecular weight is 402 g/mol. The first kappa shape index (κ1) is 22.5. The fraction of sp³-hybridized carbons (Fsp3) is 0.318. The maximum atomic E-state index is 13.2. The van der Waals surface area contributed by atoms with Crippen LogP contribution in [-0.2, 0) is 4.79 Å². The second-order valence-electron chi connectivity index (χ2n) is 7.08. The summed E-state index contributed by atoms with van der Waals surface area (Å²) in [4.78, 5) is 11.9. The number of halogens is 1. The molecule has 0 unspecified atom stereocenters. The van der Waals surface area contributed by atoms with Crippen molar-refractivity contribution in [3.05, 3.63) is 60.2 Å². The zero-order valence-electron chi connectivity index (χ0n) is 16.8. The summed E-state index contributed by atoms with van der Waals surface area (Å²) in [6.07, 6.45) is 3.58. The van der Waals surface area contributed by atoms with Crippen LogP contribution in [0, 0.1) is 0 Å². The van der Waals surface area contributed by atoms with Gasteiger partial charge in [-0.15, -0.1) is 0 Å². The minimum Gasteiger partial charge on any atom is -0.496 e. The third-order valence-electron chi connectivity index (χ3n) is 5.11. The van der Waals surface area contributed by atoms with Gasteiger partial charge in [0.05, 0.1) is 7.11 Å². The van der Waals surface area contributed by atoms with Gasteiger partial charge in [0, 0.05) is 12.1 Å². The predicted molar refractivity (Wildman–Crippen MR) is 110 cm³/mol. The number of methoxy groups -OCH3 is 1. The van der Waals surface area contributed by atoms with Gasteiger partial charge < -0.3 is 9.84 Å². The van der Waals surface area contributed by atoms with Crippen molar-refractivity contribution in [1.82, 2.24) is 10.8 Å². The Morgan fingerprint density at radius 1 is 1.17 bits per heavy atom. The summed E-state index contributed by atoms with van der Waals surface area (Å²) in [6, 6.07) is 15.6. The SMILES string of the molecule is COc1ccccc1-c1ccc(/C=C/CN[C@](C)(C(=O)NO)[C@](C)(O)CF)cc1. The molecular formula is C22H27FN2O4. The number of aliphatic hydroxyl groups is 1. The molecule has 2 rings (SSSR count). The van der Waals surface area contributed by atoms with Crippen LogP contribution in [0.25, 0.3) is 17.2 Å². The molecule has 0 aliphatic carbocycles. The quantitative estimate of drug-likeness (QED) is 0.382. The van der Waals surface area contributed by atoms with Crippen molar-refractivity contribution < 1.29 is 24.2 Å². The average Bonchev–Trinajstić information content (AvgIpc) is 2.76. The van der Waals surface area contributed by atoms with Crippen LogP contribution >= 0.6 is 0 Å². The molecule has 0 heterocycles. The van der Waals surface area contributed by atoms with Crippen molar-refractivity contribution >= 4 is 12.0 Å². The van der Waals surface area contributed by atoms with Crippen LogP contribution in [0.15, 0.2) is 54.6 Å². The van der Waals surface area contributed by atoms with Crippen molar-refractivity contribution in [2.45, 2.75) is 25.0 Å². The third-order valence-corrected chi connectivity index (χ3v) is 5.11.